The summed E-state index contributed by atoms with van der Waals surface area (Å²) in [6.07, 6.45) is 6.22. The molecule has 2 amide bonds. The molecule has 7 heteroatoms. The highest BCUT2D eigenvalue weighted by Crippen LogP contribution is 2.43. The Morgan fingerprint density at radius 2 is 2.08 bits per heavy atom. The van der Waals surface area contributed by atoms with E-state index < -0.39 is 5.82 Å². The van der Waals surface area contributed by atoms with Crippen LogP contribution in [0.1, 0.15) is 30.0 Å². The first-order valence-electron chi connectivity index (χ1n) is 7.71. The van der Waals surface area contributed by atoms with E-state index in [9.17, 15) is 9.18 Å². The standard InChI is InChI=1S/C17H14Cl2FN3O/c18-12-6-14(20)15(7-13(12)19)22-17(24)23-10-1-2-16(23)11-3-4-21-8-9(11)5-10/h3-4,6-8,10,16H,1-2,5H2,(H,22,24)/t10-,16+/m0/s1. The number of amides is 2. The summed E-state index contributed by atoms with van der Waals surface area (Å²) in [6, 6.07) is 4.20. The Kier molecular flexibility index (Phi) is 3.85. The third-order valence-corrected chi connectivity index (χ3v) is 5.47. The molecule has 0 spiro atoms. The van der Waals surface area contributed by atoms with Gasteiger partial charge in [0, 0.05) is 18.4 Å². The average molecular weight is 366 g/mol. The summed E-state index contributed by atoms with van der Waals surface area (Å²) in [5.41, 5.74) is 2.35. The number of hydrogen-bond donors (Lipinski definition) is 1. The number of carbonyl (C=O) groups is 1. The summed E-state index contributed by atoms with van der Waals surface area (Å²) >= 11 is 11.7. The van der Waals surface area contributed by atoms with Gasteiger partial charge in [-0.1, -0.05) is 23.2 Å². The first-order chi connectivity index (χ1) is 11.5. The van der Waals surface area contributed by atoms with Crippen LogP contribution in [0.5, 0.6) is 0 Å². The molecule has 2 aliphatic heterocycles. The molecule has 1 fully saturated rings. The Hall–Kier alpha value is -1.85. The molecule has 3 heterocycles. The summed E-state index contributed by atoms with van der Waals surface area (Å²) in [7, 11) is 0. The van der Waals surface area contributed by atoms with Crippen molar-refractivity contribution in [3.05, 3.63) is 57.6 Å². The molecular weight excluding hydrogens is 352 g/mol. The van der Waals surface area contributed by atoms with E-state index in [1.54, 1.807) is 6.20 Å². The van der Waals surface area contributed by atoms with Crippen molar-refractivity contribution in [1.29, 1.82) is 0 Å². The maximum atomic E-state index is 14.0. The fourth-order valence-corrected chi connectivity index (χ4v) is 4.00. The Balaban J connectivity index is 1.61. The summed E-state index contributed by atoms with van der Waals surface area (Å²) < 4.78 is 14.0. The van der Waals surface area contributed by atoms with E-state index in [2.05, 4.69) is 10.3 Å². The highest BCUT2D eigenvalue weighted by atomic mass is 35.5. The summed E-state index contributed by atoms with van der Waals surface area (Å²) in [5.74, 6) is -0.605. The molecule has 0 aliphatic carbocycles. The largest absolute Gasteiger partial charge is 0.322 e. The monoisotopic (exact) mass is 365 g/mol. The maximum Gasteiger partial charge on any atom is 0.322 e. The molecule has 1 saturated heterocycles. The fourth-order valence-electron chi connectivity index (χ4n) is 3.68. The van der Waals surface area contributed by atoms with Crippen LogP contribution in [0.2, 0.25) is 10.0 Å². The topological polar surface area (TPSA) is 45.2 Å². The van der Waals surface area contributed by atoms with Gasteiger partial charge in [-0.25, -0.2) is 9.18 Å². The number of aromatic nitrogens is 1. The van der Waals surface area contributed by atoms with Crippen LogP contribution in [-0.2, 0) is 6.42 Å². The van der Waals surface area contributed by atoms with Gasteiger partial charge in [-0.05, 0) is 48.6 Å². The Bertz CT molecular complexity index is 829. The van der Waals surface area contributed by atoms with Gasteiger partial charge in [0.15, 0.2) is 0 Å². The van der Waals surface area contributed by atoms with E-state index >= 15 is 0 Å². The van der Waals surface area contributed by atoms with Crippen LogP contribution in [0.15, 0.2) is 30.6 Å². The number of carbonyl (C=O) groups excluding carboxylic acids is 1. The molecule has 2 aromatic rings. The summed E-state index contributed by atoms with van der Waals surface area (Å²) in [4.78, 5) is 18.7. The van der Waals surface area contributed by atoms with E-state index in [0.29, 0.717) is 0 Å². The lowest BCUT2D eigenvalue weighted by Crippen LogP contribution is -2.44. The van der Waals surface area contributed by atoms with Crippen LogP contribution in [0.4, 0.5) is 14.9 Å². The minimum atomic E-state index is -0.605. The molecule has 4 rings (SSSR count). The summed E-state index contributed by atoms with van der Waals surface area (Å²) in [6.45, 7) is 0. The van der Waals surface area contributed by atoms with Crippen molar-refractivity contribution >= 4 is 34.9 Å². The quantitative estimate of drug-likeness (QED) is 0.736. The van der Waals surface area contributed by atoms with E-state index in [1.165, 1.54) is 11.6 Å². The second kappa shape index (κ2) is 5.90. The molecule has 2 aliphatic rings. The number of halogens is 3. The minimum Gasteiger partial charge on any atom is -0.314 e. The normalized spacial score (nSPS) is 21.5. The SMILES string of the molecule is O=C(Nc1cc(Cl)c(Cl)cc1F)N1[C@H]2CC[C@@H]1c1ccncc1C2. The van der Waals surface area contributed by atoms with Gasteiger partial charge in [-0.2, -0.15) is 0 Å². The van der Waals surface area contributed by atoms with Crippen molar-refractivity contribution in [2.75, 3.05) is 5.32 Å². The Labute approximate surface area is 148 Å². The van der Waals surface area contributed by atoms with Crippen molar-refractivity contribution in [3.8, 4) is 0 Å². The smallest absolute Gasteiger partial charge is 0.314 e. The number of rotatable bonds is 1. The molecule has 124 valence electrons. The zero-order valence-electron chi connectivity index (χ0n) is 12.6. The Morgan fingerprint density at radius 1 is 1.29 bits per heavy atom. The number of nitrogens with zero attached hydrogens (tertiary/aromatic N) is 2. The third kappa shape index (κ3) is 2.52. The van der Waals surface area contributed by atoms with Crippen LogP contribution in [0.25, 0.3) is 0 Å². The second-order valence-corrected chi connectivity index (χ2v) is 6.92. The molecule has 0 saturated carbocycles. The molecule has 0 unspecified atom stereocenters. The lowest BCUT2D eigenvalue weighted by atomic mass is 9.95. The van der Waals surface area contributed by atoms with Crippen molar-refractivity contribution < 1.29 is 9.18 Å². The van der Waals surface area contributed by atoms with Crippen LogP contribution in [0, 0.1) is 5.82 Å². The van der Waals surface area contributed by atoms with Gasteiger partial charge in [0.25, 0.3) is 0 Å². The maximum absolute atomic E-state index is 14.0. The lowest BCUT2D eigenvalue weighted by molar-refractivity contribution is 0.179. The Morgan fingerprint density at radius 3 is 2.92 bits per heavy atom. The number of fused-ring (bicyclic) bond motifs is 4. The van der Waals surface area contributed by atoms with Gasteiger partial charge in [-0.15, -0.1) is 0 Å². The average Bonchev–Trinajstić information content (AvgIpc) is 2.88. The number of nitrogens with one attached hydrogen (secondary N) is 1. The minimum absolute atomic E-state index is 0.00702. The van der Waals surface area contributed by atoms with Gasteiger partial charge in [0.1, 0.15) is 5.82 Å². The number of pyridine rings is 1. The van der Waals surface area contributed by atoms with Crippen molar-refractivity contribution in [3.63, 3.8) is 0 Å². The van der Waals surface area contributed by atoms with Crippen molar-refractivity contribution in [2.24, 2.45) is 0 Å². The molecule has 2 atom stereocenters. The van der Waals surface area contributed by atoms with Crippen molar-refractivity contribution in [2.45, 2.75) is 31.3 Å². The summed E-state index contributed by atoms with van der Waals surface area (Å²) in [5, 5.41) is 2.95. The molecule has 1 aromatic carbocycles. The van der Waals surface area contributed by atoms with Crippen LogP contribution in [0.3, 0.4) is 0 Å². The van der Waals surface area contributed by atoms with Crippen LogP contribution >= 0.6 is 23.2 Å². The molecule has 1 N–H and O–H groups in total. The zero-order chi connectivity index (χ0) is 16.8. The van der Waals surface area contributed by atoms with Crippen LogP contribution in [-0.4, -0.2) is 22.0 Å². The van der Waals surface area contributed by atoms with Crippen molar-refractivity contribution in [1.82, 2.24) is 9.88 Å². The van der Waals surface area contributed by atoms with Gasteiger partial charge in [0.2, 0.25) is 0 Å². The predicted octanol–water partition coefficient (Wildman–Crippen LogP) is 4.82. The highest BCUT2D eigenvalue weighted by molar-refractivity contribution is 6.42. The second-order valence-electron chi connectivity index (χ2n) is 6.11. The molecule has 24 heavy (non-hydrogen) atoms. The first kappa shape index (κ1) is 15.7. The number of anilines is 1. The lowest BCUT2D eigenvalue weighted by Gasteiger charge is -2.36. The molecule has 4 nitrogen and oxygen atoms in total. The number of urea groups is 1. The van der Waals surface area contributed by atoms with E-state index in [-0.39, 0.29) is 33.8 Å². The van der Waals surface area contributed by atoms with Gasteiger partial charge >= 0.3 is 6.03 Å². The zero-order valence-corrected chi connectivity index (χ0v) is 14.1. The van der Waals surface area contributed by atoms with Gasteiger partial charge in [-0.3, -0.25) is 4.98 Å². The van der Waals surface area contributed by atoms with E-state index in [0.717, 1.165) is 30.9 Å². The number of benzene rings is 1. The van der Waals surface area contributed by atoms with Crippen LogP contribution < -0.4 is 5.32 Å². The number of hydrogen-bond acceptors (Lipinski definition) is 2. The highest BCUT2D eigenvalue weighted by Gasteiger charge is 2.42. The molecular formula is C17H14Cl2FN3O. The predicted molar refractivity (Wildman–Crippen MR) is 91.0 cm³/mol. The molecule has 1 aromatic heterocycles. The van der Waals surface area contributed by atoms with Gasteiger partial charge in [0.05, 0.1) is 21.8 Å². The van der Waals surface area contributed by atoms with E-state index in [1.807, 2.05) is 17.2 Å². The van der Waals surface area contributed by atoms with E-state index in [4.69, 9.17) is 23.2 Å². The third-order valence-electron chi connectivity index (χ3n) is 4.74. The van der Waals surface area contributed by atoms with Gasteiger partial charge < -0.3 is 10.2 Å². The molecule has 2 bridgehead atoms. The first-order valence-corrected chi connectivity index (χ1v) is 8.47. The molecule has 0 radical (unpaired) electrons. The fraction of sp³-hybridized carbons (Fsp3) is 0.294.